The monoisotopic (exact) mass is 484 g/mol. The molecule has 0 unspecified atom stereocenters. The lowest BCUT2D eigenvalue weighted by Gasteiger charge is -2.30. The molecule has 1 amide bonds. The van der Waals surface area contributed by atoms with E-state index in [1.165, 1.54) is 0 Å². The first-order chi connectivity index (χ1) is 16.0. The summed E-state index contributed by atoms with van der Waals surface area (Å²) in [5, 5.41) is 2.64. The van der Waals surface area contributed by atoms with E-state index in [1.54, 1.807) is 23.6 Å². The van der Waals surface area contributed by atoms with Crippen LogP contribution in [0.15, 0.2) is 48.0 Å². The summed E-state index contributed by atoms with van der Waals surface area (Å²) in [5.41, 5.74) is 3.57. The second-order valence-corrected chi connectivity index (χ2v) is 10.4. The second-order valence-electron chi connectivity index (χ2n) is 9.06. The predicted octanol–water partition coefficient (Wildman–Crippen LogP) is 6.88. The Morgan fingerprint density at radius 1 is 1.15 bits per heavy atom. The summed E-state index contributed by atoms with van der Waals surface area (Å²) in [7, 11) is 0. The maximum absolute atomic E-state index is 13.1. The number of benzene rings is 1. The van der Waals surface area contributed by atoms with E-state index in [9.17, 15) is 9.18 Å². The second kappa shape index (κ2) is 9.43. The Hall–Kier alpha value is -2.44. The molecule has 0 spiro atoms. The van der Waals surface area contributed by atoms with E-state index in [0.29, 0.717) is 35.2 Å². The zero-order chi connectivity index (χ0) is 22.9. The number of ether oxygens (including phenoxy) is 1. The van der Waals surface area contributed by atoms with Gasteiger partial charge in [-0.15, -0.1) is 11.3 Å². The number of thiophene rings is 1. The number of hydrogen-bond donors (Lipinski definition) is 0. The highest BCUT2D eigenvalue weighted by Crippen LogP contribution is 2.38. The molecule has 1 aliphatic heterocycles. The van der Waals surface area contributed by atoms with E-state index >= 15 is 0 Å². The molecule has 4 nitrogen and oxygen atoms in total. The number of likely N-dealkylation sites (tertiary alicyclic amines) is 1. The molecule has 0 atom stereocenters. The molecule has 1 aromatic carbocycles. The van der Waals surface area contributed by atoms with Gasteiger partial charge in [0.2, 0.25) is 5.88 Å². The molecule has 0 radical (unpaired) electrons. The summed E-state index contributed by atoms with van der Waals surface area (Å²) in [5.74, 6) is 1.25. The van der Waals surface area contributed by atoms with Gasteiger partial charge in [-0.25, -0.2) is 9.37 Å². The molecule has 2 aliphatic rings. The zero-order valence-corrected chi connectivity index (χ0v) is 20.0. The summed E-state index contributed by atoms with van der Waals surface area (Å²) >= 11 is 8.22. The van der Waals surface area contributed by atoms with E-state index in [4.69, 9.17) is 16.3 Å². The fraction of sp³-hybridized carbons (Fsp3) is 0.385. The van der Waals surface area contributed by atoms with Crippen LogP contribution >= 0.6 is 22.9 Å². The number of carbonyl (C=O) groups excluding carboxylic acids is 1. The third-order valence-electron chi connectivity index (χ3n) is 6.54. The average Bonchev–Trinajstić information content (AvgIpc) is 3.28. The Balaban J connectivity index is 1.31. The van der Waals surface area contributed by atoms with Crippen LogP contribution in [0, 0.1) is 5.92 Å². The van der Waals surface area contributed by atoms with Gasteiger partial charge in [0, 0.05) is 54.2 Å². The number of nitrogens with zero attached hydrogens (tertiary/aromatic N) is 2. The van der Waals surface area contributed by atoms with Crippen LogP contribution in [0.1, 0.15) is 43.0 Å². The van der Waals surface area contributed by atoms with Gasteiger partial charge >= 0.3 is 0 Å². The lowest BCUT2D eigenvalue weighted by Crippen LogP contribution is -2.37. The summed E-state index contributed by atoms with van der Waals surface area (Å²) in [6.07, 6.45) is 3.83. The minimum Gasteiger partial charge on any atom is -0.474 e. The van der Waals surface area contributed by atoms with Crippen molar-refractivity contribution in [2.24, 2.45) is 5.92 Å². The van der Waals surface area contributed by atoms with Crippen molar-refractivity contribution in [1.82, 2.24) is 9.88 Å². The number of carbonyl (C=O) groups is 1. The molecule has 0 N–H and O–H groups in total. The third-order valence-corrected chi connectivity index (χ3v) is 7.82. The minimum atomic E-state index is -0.757. The van der Waals surface area contributed by atoms with Crippen molar-refractivity contribution in [2.75, 3.05) is 13.1 Å². The zero-order valence-electron chi connectivity index (χ0n) is 18.5. The van der Waals surface area contributed by atoms with Crippen molar-refractivity contribution < 1.29 is 13.9 Å². The molecule has 7 heteroatoms. The SMILES string of the molecule is CC1CCN(C(=O)c2ccc(-c3cc(-c4ccnc(OC5CC(F)C5)c4)cs3)c(Cl)c2)CC1. The fourth-order valence-corrected chi connectivity index (χ4v) is 5.59. The third kappa shape index (κ3) is 4.92. The average molecular weight is 485 g/mol. The Morgan fingerprint density at radius 2 is 1.94 bits per heavy atom. The molecule has 3 heterocycles. The lowest BCUT2D eigenvalue weighted by atomic mass is 9.94. The van der Waals surface area contributed by atoms with Crippen LogP contribution in [-0.2, 0) is 0 Å². The fourth-order valence-electron chi connectivity index (χ4n) is 4.29. The van der Waals surface area contributed by atoms with Gasteiger partial charge in [0.1, 0.15) is 12.3 Å². The molecular weight excluding hydrogens is 459 g/mol. The summed E-state index contributed by atoms with van der Waals surface area (Å²) in [6, 6.07) is 11.5. The first-order valence-corrected chi connectivity index (χ1v) is 12.7. The number of piperidine rings is 1. The number of halogens is 2. The number of amides is 1. The molecule has 1 saturated carbocycles. The Bertz CT molecular complexity index is 1150. The Kier molecular flexibility index (Phi) is 6.39. The van der Waals surface area contributed by atoms with Crippen molar-refractivity contribution in [2.45, 2.75) is 44.9 Å². The van der Waals surface area contributed by atoms with Gasteiger partial charge in [0.25, 0.3) is 5.91 Å². The lowest BCUT2D eigenvalue weighted by molar-refractivity contribution is 0.0378. The van der Waals surface area contributed by atoms with Crippen molar-refractivity contribution in [3.05, 3.63) is 58.6 Å². The molecule has 172 valence electrons. The molecule has 5 rings (SSSR count). The maximum Gasteiger partial charge on any atom is 0.253 e. The highest BCUT2D eigenvalue weighted by Gasteiger charge is 2.31. The number of aromatic nitrogens is 1. The van der Waals surface area contributed by atoms with E-state index in [2.05, 4.69) is 23.4 Å². The van der Waals surface area contributed by atoms with Gasteiger partial charge in [-0.2, -0.15) is 0 Å². The molecule has 33 heavy (non-hydrogen) atoms. The van der Waals surface area contributed by atoms with E-state index < -0.39 is 6.17 Å². The van der Waals surface area contributed by atoms with Crippen LogP contribution < -0.4 is 4.74 Å². The van der Waals surface area contributed by atoms with Crippen molar-refractivity contribution >= 4 is 28.8 Å². The summed E-state index contributed by atoms with van der Waals surface area (Å²) in [6.45, 7) is 3.85. The van der Waals surface area contributed by atoms with Gasteiger partial charge < -0.3 is 9.64 Å². The van der Waals surface area contributed by atoms with Crippen LogP contribution in [0.3, 0.4) is 0 Å². The normalized spacial score (nSPS) is 21.0. The topological polar surface area (TPSA) is 42.4 Å². The van der Waals surface area contributed by atoms with Crippen LogP contribution in [0.25, 0.3) is 21.6 Å². The van der Waals surface area contributed by atoms with Gasteiger partial charge in [-0.1, -0.05) is 24.6 Å². The Labute approximate surface area is 202 Å². The maximum atomic E-state index is 13.1. The predicted molar refractivity (Wildman–Crippen MR) is 131 cm³/mol. The van der Waals surface area contributed by atoms with Crippen LogP contribution in [0.4, 0.5) is 4.39 Å². The number of pyridine rings is 1. The highest BCUT2D eigenvalue weighted by molar-refractivity contribution is 7.14. The molecular formula is C26H26ClFN2O2S. The first-order valence-electron chi connectivity index (χ1n) is 11.4. The molecule has 2 fully saturated rings. The molecule has 0 bridgehead atoms. The first kappa shape index (κ1) is 22.4. The van der Waals surface area contributed by atoms with Crippen LogP contribution in [0.2, 0.25) is 5.02 Å². The molecule has 3 aromatic rings. The van der Waals surface area contributed by atoms with E-state index in [1.807, 2.05) is 29.2 Å². The van der Waals surface area contributed by atoms with Crippen molar-refractivity contribution in [1.29, 1.82) is 0 Å². The Morgan fingerprint density at radius 3 is 2.67 bits per heavy atom. The molecule has 2 aromatic heterocycles. The van der Waals surface area contributed by atoms with E-state index in [0.717, 1.165) is 47.5 Å². The minimum absolute atomic E-state index is 0.0528. The highest BCUT2D eigenvalue weighted by atomic mass is 35.5. The van der Waals surface area contributed by atoms with Crippen molar-refractivity contribution in [3.8, 4) is 27.4 Å². The summed E-state index contributed by atoms with van der Waals surface area (Å²) in [4.78, 5) is 20.1. The van der Waals surface area contributed by atoms with Gasteiger partial charge in [-0.05, 0) is 59.5 Å². The molecule has 1 aliphatic carbocycles. The van der Waals surface area contributed by atoms with Crippen LogP contribution in [0.5, 0.6) is 5.88 Å². The standard InChI is InChI=1S/C26H26ClFN2O2S/c1-16-5-8-30(9-6-16)26(31)18-2-3-22(23(27)10-18)24-11-19(15-33-24)17-4-7-29-25(12-17)32-21-13-20(28)14-21/h2-4,7,10-12,15-16,20-21H,5-6,8-9,13-14H2,1H3. The van der Waals surface area contributed by atoms with Gasteiger partial charge in [0.15, 0.2) is 0 Å². The number of hydrogen-bond acceptors (Lipinski definition) is 4. The number of rotatable bonds is 5. The largest absolute Gasteiger partial charge is 0.474 e. The quantitative estimate of drug-likeness (QED) is 0.396. The smallest absolute Gasteiger partial charge is 0.253 e. The van der Waals surface area contributed by atoms with E-state index in [-0.39, 0.29) is 12.0 Å². The van der Waals surface area contributed by atoms with Crippen LogP contribution in [-0.4, -0.2) is 41.2 Å². The number of alkyl halides is 1. The van der Waals surface area contributed by atoms with Gasteiger partial charge in [-0.3, -0.25) is 4.79 Å². The summed E-state index contributed by atoms with van der Waals surface area (Å²) < 4.78 is 18.8. The molecule has 1 saturated heterocycles. The van der Waals surface area contributed by atoms with Crippen molar-refractivity contribution in [3.63, 3.8) is 0 Å². The van der Waals surface area contributed by atoms with Gasteiger partial charge in [0.05, 0.1) is 5.02 Å².